The molecule has 106 valence electrons. The van der Waals surface area contributed by atoms with Crippen molar-refractivity contribution < 1.29 is 4.74 Å². The molecule has 1 unspecified atom stereocenters. The first-order valence-electron chi connectivity index (χ1n) is 6.72. The van der Waals surface area contributed by atoms with Gasteiger partial charge in [-0.3, -0.25) is 0 Å². The fourth-order valence-electron chi connectivity index (χ4n) is 2.68. The van der Waals surface area contributed by atoms with Crippen LogP contribution in [0, 0.1) is 0 Å². The van der Waals surface area contributed by atoms with Crippen LogP contribution in [-0.4, -0.2) is 19.1 Å². The van der Waals surface area contributed by atoms with Crippen molar-refractivity contribution in [3.05, 3.63) is 43.8 Å². The SMILES string of the molecule is CNC(c1nc2c(s1)CCC2)c1cc(Br)ccc1OC. The Hall–Kier alpha value is -0.910. The van der Waals surface area contributed by atoms with Crippen molar-refractivity contribution in [1.29, 1.82) is 0 Å². The second-order valence-electron chi connectivity index (χ2n) is 4.88. The number of aromatic nitrogens is 1. The second kappa shape index (κ2) is 5.84. The first-order chi connectivity index (χ1) is 9.72. The van der Waals surface area contributed by atoms with Gasteiger partial charge < -0.3 is 10.1 Å². The molecule has 1 heterocycles. The zero-order valence-corrected chi connectivity index (χ0v) is 14.0. The van der Waals surface area contributed by atoms with E-state index in [-0.39, 0.29) is 6.04 Å². The molecule has 0 saturated heterocycles. The highest BCUT2D eigenvalue weighted by atomic mass is 79.9. The fraction of sp³-hybridized carbons (Fsp3) is 0.400. The Labute approximate surface area is 131 Å². The highest BCUT2D eigenvalue weighted by Crippen LogP contribution is 2.37. The number of rotatable bonds is 4. The maximum Gasteiger partial charge on any atom is 0.124 e. The summed E-state index contributed by atoms with van der Waals surface area (Å²) in [6.45, 7) is 0. The number of nitrogens with one attached hydrogen (secondary N) is 1. The van der Waals surface area contributed by atoms with Crippen molar-refractivity contribution >= 4 is 27.3 Å². The van der Waals surface area contributed by atoms with Crippen molar-refractivity contribution in [2.45, 2.75) is 25.3 Å². The van der Waals surface area contributed by atoms with E-state index >= 15 is 0 Å². The van der Waals surface area contributed by atoms with Crippen molar-refractivity contribution in [2.24, 2.45) is 0 Å². The van der Waals surface area contributed by atoms with Gasteiger partial charge in [0, 0.05) is 14.9 Å². The molecule has 1 aliphatic rings. The van der Waals surface area contributed by atoms with Crippen LogP contribution < -0.4 is 10.1 Å². The minimum absolute atomic E-state index is 0.0815. The molecule has 0 saturated carbocycles. The van der Waals surface area contributed by atoms with Gasteiger partial charge in [0.2, 0.25) is 0 Å². The van der Waals surface area contributed by atoms with E-state index < -0.39 is 0 Å². The summed E-state index contributed by atoms with van der Waals surface area (Å²) in [4.78, 5) is 6.28. The minimum Gasteiger partial charge on any atom is -0.496 e. The first-order valence-corrected chi connectivity index (χ1v) is 8.33. The van der Waals surface area contributed by atoms with E-state index in [1.807, 2.05) is 30.5 Å². The van der Waals surface area contributed by atoms with Crippen LogP contribution in [0.1, 0.15) is 33.6 Å². The molecular formula is C15H17BrN2OS. The molecule has 0 fully saturated rings. The number of aryl methyl sites for hydroxylation is 2. The van der Waals surface area contributed by atoms with Crippen LogP contribution in [-0.2, 0) is 12.8 Å². The van der Waals surface area contributed by atoms with Gasteiger partial charge in [-0.25, -0.2) is 4.98 Å². The lowest BCUT2D eigenvalue weighted by Gasteiger charge is -2.17. The van der Waals surface area contributed by atoms with Crippen LogP contribution in [0.25, 0.3) is 0 Å². The molecule has 0 radical (unpaired) electrons. The second-order valence-corrected chi connectivity index (χ2v) is 6.91. The standard InChI is InChI=1S/C15H17BrN2OS/c1-17-14(10-8-9(16)6-7-12(10)19-2)15-18-11-4-3-5-13(11)20-15/h6-8,14,17H,3-5H2,1-2H3. The van der Waals surface area contributed by atoms with Crippen molar-refractivity contribution in [3.8, 4) is 5.75 Å². The van der Waals surface area contributed by atoms with Crippen LogP contribution >= 0.6 is 27.3 Å². The van der Waals surface area contributed by atoms with E-state index in [2.05, 4.69) is 27.3 Å². The third kappa shape index (κ3) is 2.50. The monoisotopic (exact) mass is 352 g/mol. The van der Waals surface area contributed by atoms with Gasteiger partial charge in [-0.15, -0.1) is 11.3 Å². The number of ether oxygens (including phenoxy) is 1. The normalized spacial score (nSPS) is 15.2. The zero-order valence-electron chi connectivity index (χ0n) is 11.6. The van der Waals surface area contributed by atoms with Crippen molar-refractivity contribution in [1.82, 2.24) is 10.3 Å². The van der Waals surface area contributed by atoms with Crippen molar-refractivity contribution in [2.75, 3.05) is 14.2 Å². The van der Waals surface area contributed by atoms with E-state index in [0.29, 0.717) is 0 Å². The molecule has 5 heteroatoms. The van der Waals surface area contributed by atoms with E-state index in [9.17, 15) is 0 Å². The summed E-state index contributed by atoms with van der Waals surface area (Å²) >= 11 is 5.37. The highest BCUT2D eigenvalue weighted by molar-refractivity contribution is 9.10. The summed E-state index contributed by atoms with van der Waals surface area (Å²) in [6, 6.07) is 6.17. The number of benzene rings is 1. The predicted molar refractivity (Wildman–Crippen MR) is 85.7 cm³/mol. The third-order valence-electron chi connectivity index (χ3n) is 3.65. The lowest BCUT2D eigenvalue weighted by molar-refractivity contribution is 0.405. The van der Waals surface area contributed by atoms with Gasteiger partial charge in [0.15, 0.2) is 0 Å². The highest BCUT2D eigenvalue weighted by Gasteiger charge is 2.24. The summed E-state index contributed by atoms with van der Waals surface area (Å²) in [6.07, 6.45) is 3.55. The van der Waals surface area contributed by atoms with Crippen LogP contribution in [0.4, 0.5) is 0 Å². The lowest BCUT2D eigenvalue weighted by Crippen LogP contribution is -2.18. The van der Waals surface area contributed by atoms with Crippen LogP contribution in [0.5, 0.6) is 5.75 Å². The van der Waals surface area contributed by atoms with E-state index in [0.717, 1.165) is 27.2 Å². The molecule has 1 aliphatic carbocycles. The van der Waals surface area contributed by atoms with Gasteiger partial charge in [-0.2, -0.15) is 0 Å². The van der Waals surface area contributed by atoms with Gasteiger partial charge in [0.05, 0.1) is 18.8 Å². The Morgan fingerprint density at radius 3 is 2.95 bits per heavy atom. The fourth-order valence-corrected chi connectivity index (χ4v) is 4.34. The molecule has 1 aromatic heterocycles. The topological polar surface area (TPSA) is 34.2 Å². The van der Waals surface area contributed by atoms with Crippen molar-refractivity contribution in [3.63, 3.8) is 0 Å². The quantitative estimate of drug-likeness (QED) is 0.910. The molecule has 1 N–H and O–H groups in total. The molecule has 0 spiro atoms. The van der Waals surface area contributed by atoms with Gasteiger partial charge in [-0.1, -0.05) is 15.9 Å². The smallest absolute Gasteiger partial charge is 0.124 e. The molecule has 0 amide bonds. The maximum atomic E-state index is 5.50. The zero-order chi connectivity index (χ0) is 14.1. The molecule has 2 aromatic rings. The maximum absolute atomic E-state index is 5.50. The van der Waals surface area contributed by atoms with Gasteiger partial charge in [-0.05, 0) is 44.5 Å². The Kier molecular flexibility index (Phi) is 4.10. The number of hydrogen-bond donors (Lipinski definition) is 1. The summed E-state index contributed by atoms with van der Waals surface area (Å²) in [7, 11) is 3.68. The lowest BCUT2D eigenvalue weighted by atomic mass is 10.1. The molecule has 3 rings (SSSR count). The molecule has 20 heavy (non-hydrogen) atoms. The Balaban J connectivity index is 2.02. The summed E-state index contributed by atoms with van der Waals surface area (Å²) < 4.78 is 6.55. The minimum atomic E-state index is 0.0815. The summed E-state index contributed by atoms with van der Waals surface area (Å²) in [5.41, 5.74) is 2.41. The number of hydrogen-bond acceptors (Lipinski definition) is 4. The number of thiazole rings is 1. The first kappa shape index (κ1) is 14.0. The van der Waals surface area contributed by atoms with Gasteiger partial charge in [0.1, 0.15) is 10.8 Å². The Morgan fingerprint density at radius 1 is 1.40 bits per heavy atom. The predicted octanol–water partition coefficient (Wildman–Crippen LogP) is 3.71. The molecule has 3 nitrogen and oxygen atoms in total. The van der Waals surface area contributed by atoms with Gasteiger partial charge >= 0.3 is 0 Å². The molecule has 0 bridgehead atoms. The van der Waals surface area contributed by atoms with E-state index in [4.69, 9.17) is 9.72 Å². The molecule has 1 atom stereocenters. The van der Waals surface area contributed by atoms with Crippen LogP contribution in [0.3, 0.4) is 0 Å². The number of nitrogens with zero attached hydrogens (tertiary/aromatic N) is 1. The largest absolute Gasteiger partial charge is 0.496 e. The van der Waals surface area contributed by atoms with Crippen LogP contribution in [0.2, 0.25) is 0 Å². The average Bonchev–Trinajstić information content (AvgIpc) is 3.01. The molecular weight excluding hydrogens is 336 g/mol. The molecule has 1 aromatic carbocycles. The van der Waals surface area contributed by atoms with E-state index in [1.165, 1.54) is 23.4 Å². The Morgan fingerprint density at radius 2 is 2.25 bits per heavy atom. The number of fused-ring (bicyclic) bond motifs is 1. The number of methoxy groups -OCH3 is 1. The summed E-state index contributed by atoms with van der Waals surface area (Å²) in [5, 5.41) is 4.51. The van der Waals surface area contributed by atoms with Gasteiger partial charge in [0.25, 0.3) is 0 Å². The summed E-state index contributed by atoms with van der Waals surface area (Å²) in [5.74, 6) is 0.892. The average molecular weight is 353 g/mol. The Bertz CT molecular complexity index is 605. The van der Waals surface area contributed by atoms with Crippen LogP contribution in [0.15, 0.2) is 22.7 Å². The molecule has 0 aliphatic heterocycles. The third-order valence-corrected chi connectivity index (χ3v) is 5.37. The van der Waals surface area contributed by atoms with E-state index in [1.54, 1.807) is 7.11 Å². The number of halogens is 1.